The molecule has 2 unspecified atom stereocenters. The fraction of sp³-hybridized carbons (Fsp3) is 1.00. The summed E-state index contributed by atoms with van der Waals surface area (Å²) in [5.41, 5.74) is 0. The molecule has 2 atom stereocenters. The van der Waals surface area contributed by atoms with E-state index in [1.807, 2.05) is 0 Å². The third-order valence-electron chi connectivity index (χ3n) is 2.68. The van der Waals surface area contributed by atoms with Crippen molar-refractivity contribution in [1.82, 2.24) is 0 Å². The molecule has 0 spiro atoms. The van der Waals surface area contributed by atoms with Crippen molar-refractivity contribution in [2.24, 2.45) is 11.8 Å². The van der Waals surface area contributed by atoms with E-state index >= 15 is 0 Å². The molecular formula is C11H24S. The minimum atomic E-state index is 0.805. The molecule has 1 heteroatoms. The normalized spacial score (nSPS) is 16.0. The van der Waals surface area contributed by atoms with E-state index in [2.05, 4.69) is 33.4 Å². The zero-order valence-electron chi connectivity index (χ0n) is 8.84. The lowest BCUT2D eigenvalue weighted by atomic mass is 9.87. The fourth-order valence-corrected chi connectivity index (χ4v) is 2.00. The van der Waals surface area contributed by atoms with E-state index in [0.29, 0.717) is 0 Å². The van der Waals surface area contributed by atoms with E-state index < -0.39 is 0 Å². The fourth-order valence-electron chi connectivity index (χ4n) is 1.70. The smallest absolute Gasteiger partial charge is 0.00695 e. The summed E-state index contributed by atoms with van der Waals surface area (Å²) in [7, 11) is 0. The van der Waals surface area contributed by atoms with E-state index in [-0.39, 0.29) is 0 Å². The first-order chi connectivity index (χ1) is 5.76. The Labute approximate surface area is 83.5 Å². The number of rotatable bonds is 7. The third-order valence-corrected chi connectivity index (χ3v) is 3.26. The predicted octanol–water partition coefficient (Wildman–Crippen LogP) is 4.16. The van der Waals surface area contributed by atoms with E-state index in [9.17, 15) is 0 Å². The van der Waals surface area contributed by atoms with Crippen LogP contribution in [0.5, 0.6) is 0 Å². The van der Waals surface area contributed by atoms with Gasteiger partial charge in [-0.05, 0) is 17.6 Å². The summed E-state index contributed by atoms with van der Waals surface area (Å²) in [5, 5.41) is 0. The van der Waals surface area contributed by atoms with Gasteiger partial charge in [0.1, 0.15) is 0 Å². The Balaban J connectivity index is 3.68. The van der Waals surface area contributed by atoms with Gasteiger partial charge in [-0.1, -0.05) is 52.9 Å². The van der Waals surface area contributed by atoms with Gasteiger partial charge in [-0.2, -0.15) is 12.6 Å². The van der Waals surface area contributed by atoms with Gasteiger partial charge in [0.25, 0.3) is 0 Å². The monoisotopic (exact) mass is 188 g/mol. The molecule has 0 aromatic rings. The molecular weight excluding hydrogens is 164 g/mol. The molecule has 0 aliphatic carbocycles. The first-order valence-electron chi connectivity index (χ1n) is 5.37. The maximum Gasteiger partial charge on any atom is -0.00695 e. The van der Waals surface area contributed by atoms with E-state index in [1.54, 1.807) is 0 Å². The van der Waals surface area contributed by atoms with Gasteiger partial charge in [0.2, 0.25) is 0 Å². The van der Waals surface area contributed by atoms with E-state index in [0.717, 1.165) is 17.6 Å². The lowest BCUT2D eigenvalue weighted by Gasteiger charge is -2.21. The maximum absolute atomic E-state index is 4.37. The Bertz CT molecular complexity index is 91.0. The van der Waals surface area contributed by atoms with Crippen LogP contribution >= 0.6 is 12.6 Å². The number of unbranched alkanes of at least 4 members (excludes halogenated alkanes) is 1. The van der Waals surface area contributed by atoms with Crippen molar-refractivity contribution in [2.75, 3.05) is 5.75 Å². The highest BCUT2D eigenvalue weighted by molar-refractivity contribution is 7.80. The van der Waals surface area contributed by atoms with Crippen molar-refractivity contribution in [3.05, 3.63) is 0 Å². The summed E-state index contributed by atoms with van der Waals surface area (Å²) in [4.78, 5) is 0. The Morgan fingerprint density at radius 3 is 2.17 bits per heavy atom. The summed E-state index contributed by atoms with van der Waals surface area (Å²) in [6.07, 6.45) is 6.85. The second kappa shape index (κ2) is 7.97. The standard InChI is InChI=1S/C11H24S/c1-4-6-8-11(7-5-2)10(3)9-12/h10-12H,4-9H2,1-3H3. The number of hydrogen-bond acceptors (Lipinski definition) is 1. The number of hydrogen-bond donors (Lipinski definition) is 1. The zero-order valence-corrected chi connectivity index (χ0v) is 9.74. The summed E-state index contributed by atoms with van der Waals surface area (Å²) in [6.45, 7) is 6.89. The average molecular weight is 188 g/mol. The van der Waals surface area contributed by atoms with Gasteiger partial charge in [-0.25, -0.2) is 0 Å². The molecule has 0 bridgehead atoms. The van der Waals surface area contributed by atoms with Crippen LogP contribution in [0.4, 0.5) is 0 Å². The molecule has 12 heavy (non-hydrogen) atoms. The molecule has 0 aliphatic heterocycles. The molecule has 0 nitrogen and oxygen atoms in total. The van der Waals surface area contributed by atoms with E-state index in [4.69, 9.17) is 0 Å². The molecule has 0 fully saturated rings. The van der Waals surface area contributed by atoms with Crippen LogP contribution in [0.2, 0.25) is 0 Å². The van der Waals surface area contributed by atoms with Crippen LogP contribution in [0, 0.1) is 11.8 Å². The minimum Gasteiger partial charge on any atom is -0.179 e. The summed E-state index contributed by atoms with van der Waals surface area (Å²) in [6, 6.07) is 0. The molecule has 0 saturated heterocycles. The zero-order chi connectivity index (χ0) is 9.40. The van der Waals surface area contributed by atoms with Crippen LogP contribution < -0.4 is 0 Å². The molecule has 0 rings (SSSR count). The largest absolute Gasteiger partial charge is 0.179 e. The van der Waals surface area contributed by atoms with Crippen molar-refractivity contribution in [2.45, 2.75) is 52.9 Å². The molecule has 0 aromatic heterocycles. The first-order valence-corrected chi connectivity index (χ1v) is 6.00. The predicted molar refractivity (Wildman–Crippen MR) is 60.9 cm³/mol. The van der Waals surface area contributed by atoms with Crippen LogP contribution in [0.3, 0.4) is 0 Å². The second-order valence-electron chi connectivity index (χ2n) is 3.85. The van der Waals surface area contributed by atoms with Crippen LogP contribution in [-0.4, -0.2) is 5.75 Å². The van der Waals surface area contributed by atoms with Crippen molar-refractivity contribution in [3.63, 3.8) is 0 Å². The Hall–Kier alpha value is 0.350. The Morgan fingerprint density at radius 2 is 1.75 bits per heavy atom. The molecule has 0 heterocycles. The third kappa shape index (κ3) is 5.08. The van der Waals surface area contributed by atoms with Crippen LogP contribution in [0.15, 0.2) is 0 Å². The van der Waals surface area contributed by atoms with Gasteiger partial charge < -0.3 is 0 Å². The topological polar surface area (TPSA) is 0 Å². The molecule has 0 aliphatic rings. The molecule has 0 amide bonds. The molecule has 74 valence electrons. The van der Waals surface area contributed by atoms with Gasteiger partial charge in [-0.3, -0.25) is 0 Å². The summed E-state index contributed by atoms with van der Waals surface area (Å²) in [5.74, 6) is 2.78. The maximum atomic E-state index is 4.37. The van der Waals surface area contributed by atoms with Gasteiger partial charge in [0.15, 0.2) is 0 Å². The van der Waals surface area contributed by atoms with Gasteiger partial charge >= 0.3 is 0 Å². The summed E-state index contributed by atoms with van der Waals surface area (Å²) >= 11 is 4.37. The SMILES string of the molecule is CCCCC(CCC)C(C)CS. The first kappa shape index (κ1) is 12.3. The highest BCUT2D eigenvalue weighted by Crippen LogP contribution is 2.24. The molecule has 0 saturated carbocycles. The number of thiol groups is 1. The quantitative estimate of drug-likeness (QED) is 0.570. The van der Waals surface area contributed by atoms with Crippen molar-refractivity contribution < 1.29 is 0 Å². The van der Waals surface area contributed by atoms with Gasteiger partial charge in [-0.15, -0.1) is 0 Å². The van der Waals surface area contributed by atoms with Gasteiger partial charge in [0.05, 0.1) is 0 Å². The minimum absolute atomic E-state index is 0.805. The van der Waals surface area contributed by atoms with Crippen molar-refractivity contribution in [3.8, 4) is 0 Å². The van der Waals surface area contributed by atoms with Gasteiger partial charge in [0, 0.05) is 0 Å². The van der Waals surface area contributed by atoms with Crippen LogP contribution in [0.1, 0.15) is 52.9 Å². The van der Waals surface area contributed by atoms with E-state index in [1.165, 1.54) is 32.1 Å². The van der Waals surface area contributed by atoms with Crippen molar-refractivity contribution >= 4 is 12.6 Å². The Morgan fingerprint density at radius 1 is 1.08 bits per heavy atom. The van der Waals surface area contributed by atoms with Crippen LogP contribution in [0.25, 0.3) is 0 Å². The second-order valence-corrected chi connectivity index (χ2v) is 4.22. The Kier molecular flexibility index (Phi) is 8.20. The van der Waals surface area contributed by atoms with Crippen LogP contribution in [-0.2, 0) is 0 Å². The molecule has 0 radical (unpaired) electrons. The lowest BCUT2D eigenvalue weighted by Crippen LogP contribution is -2.13. The van der Waals surface area contributed by atoms with Crippen molar-refractivity contribution in [1.29, 1.82) is 0 Å². The average Bonchev–Trinajstić information content (AvgIpc) is 2.11. The summed E-state index contributed by atoms with van der Waals surface area (Å²) < 4.78 is 0. The molecule has 0 aromatic carbocycles. The lowest BCUT2D eigenvalue weighted by molar-refractivity contribution is 0.330. The highest BCUT2D eigenvalue weighted by atomic mass is 32.1. The molecule has 0 N–H and O–H groups in total. The highest BCUT2D eigenvalue weighted by Gasteiger charge is 2.13.